The summed E-state index contributed by atoms with van der Waals surface area (Å²) in [6, 6.07) is 11.4. The zero-order valence-corrected chi connectivity index (χ0v) is 18.2. The van der Waals surface area contributed by atoms with Crippen molar-refractivity contribution >= 4 is 34.5 Å². The number of benzene rings is 1. The number of nitrogens with one attached hydrogen (secondary N) is 1. The van der Waals surface area contributed by atoms with Crippen molar-refractivity contribution in [1.82, 2.24) is 14.3 Å². The highest BCUT2D eigenvalue weighted by atomic mass is 32.1. The van der Waals surface area contributed by atoms with Crippen LogP contribution in [-0.2, 0) is 13.0 Å². The summed E-state index contributed by atoms with van der Waals surface area (Å²) in [7, 11) is 0. The van der Waals surface area contributed by atoms with Crippen LogP contribution in [-0.4, -0.2) is 32.6 Å². The van der Waals surface area contributed by atoms with Gasteiger partial charge in [0.25, 0.3) is 11.8 Å². The molecule has 1 aliphatic heterocycles. The summed E-state index contributed by atoms with van der Waals surface area (Å²) in [4.78, 5) is 33.8. The fraction of sp³-hybridized carbons (Fsp3) is 0.208. The van der Waals surface area contributed by atoms with Gasteiger partial charge in [0.05, 0.1) is 6.20 Å². The third-order valence-corrected chi connectivity index (χ3v) is 6.89. The molecule has 0 spiro atoms. The first kappa shape index (κ1) is 19.5. The number of aromatic nitrogens is 2. The van der Waals surface area contributed by atoms with E-state index >= 15 is 0 Å². The van der Waals surface area contributed by atoms with Gasteiger partial charge in [-0.05, 0) is 66.6 Å². The van der Waals surface area contributed by atoms with Crippen molar-refractivity contribution in [2.75, 3.05) is 11.9 Å². The average Bonchev–Trinajstić information content (AvgIpc) is 3.42. The number of hydrogen-bond acceptors (Lipinski definition) is 4. The van der Waals surface area contributed by atoms with Crippen molar-refractivity contribution in [1.29, 1.82) is 0 Å². The van der Waals surface area contributed by atoms with Gasteiger partial charge in [-0.15, -0.1) is 11.3 Å². The fourth-order valence-corrected chi connectivity index (χ4v) is 4.99. The zero-order chi connectivity index (χ0) is 21.5. The number of carbonyl (C=O) groups excluding carboxylic acids is 2. The molecule has 0 fully saturated rings. The number of carbonyl (C=O) groups is 2. The summed E-state index contributed by atoms with van der Waals surface area (Å²) >= 11 is 1.75. The van der Waals surface area contributed by atoms with Crippen molar-refractivity contribution in [2.24, 2.45) is 0 Å². The normalized spacial score (nSPS) is 13.3. The number of anilines is 1. The van der Waals surface area contributed by atoms with E-state index in [1.54, 1.807) is 21.9 Å². The third-order valence-electron chi connectivity index (χ3n) is 5.87. The van der Waals surface area contributed by atoms with Crippen LogP contribution >= 0.6 is 11.3 Å². The molecule has 5 rings (SSSR count). The maximum absolute atomic E-state index is 13.2. The van der Waals surface area contributed by atoms with Crippen molar-refractivity contribution < 1.29 is 9.59 Å². The molecule has 0 atom stereocenters. The van der Waals surface area contributed by atoms with Gasteiger partial charge in [0.15, 0.2) is 0 Å². The number of pyridine rings is 1. The Kier molecular flexibility index (Phi) is 4.82. The maximum Gasteiger partial charge on any atom is 0.274 e. The molecule has 0 saturated carbocycles. The van der Waals surface area contributed by atoms with Crippen molar-refractivity contribution in [3.8, 4) is 0 Å². The van der Waals surface area contributed by atoms with E-state index in [1.807, 2.05) is 55.3 Å². The van der Waals surface area contributed by atoms with Gasteiger partial charge in [0.1, 0.15) is 11.3 Å². The van der Waals surface area contributed by atoms with E-state index in [4.69, 9.17) is 0 Å². The Hall–Kier alpha value is -3.45. The molecule has 4 heterocycles. The molecule has 0 unspecified atom stereocenters. The van der Waals surface area contributed by atoms with Gasteiger partial charge in [-0.25, -0.2) is 4.98 Å². The molecule has 0 radical (unpaired) electrons. The van der Waals surface area contributed by atoms with Gasteiger partial charge in [0, 0.05) is 35.4 Å². The lowest BCUT2D eigenvalue weighted by molar-refractivity contribution is 0.0735. The number of nitrogens with zero attached hydrogens (tertiary/aromatic N) is 3. The molecular weight excluding hydrogens is 408 g/mol. The molecular formula is C24H22N4O2S. The summed E-state index contributed by atoms with van der Waals surface area (Å²) in [5.41, 5.74) is 5.46. The minimum atomic E-state index is -0.258. The van der Waals surface area contributed by atoms with E-state index in [-0.39, 0.29) is 11.8 Å². The van der Waals surface area contributed by atoms with Gasteiger partial charge in [-0.2, -0.15) is 0 Å². The van der Waals surface area contributed by atoms with Crippen LogP contribution in [0, 0.1) is 13.8 Å². The summed E-state index contributed by atoms with van der Waals surface area (Å²) in [6.07, 6.45) is 4.29. The van der Waals surface area contributed by atoms with Crippen LogP contribution in [0.15, 0.2) is 54.2 Å². The summed E-state index contributed by atoms with van der Waals surface area (Å²) in [5, 5.41) is 5.05. The molecule has 0 aliphatic carbocycles. The van der Waals surface area contributed by atoms with Crippen molar-refractivity contribution in [2.45, 2.75) is 26.8 Å². The first-order chi connectivity index (χ1) is 15.0. The lowest BCUT2D eigenvalue weighted by Crippen LogP contribution is -2.35. The highest BCUT2D eigenvalue weighted by Gasteiger charge is 2.24. The van der Waals surface area contributed by atoms with Crippen molar-refractivity contribution in [3.05, 3.63) is 87.0 Å². The van der Waals surface area contributed by atoms with Crippen LogP contribution in [0.4, 0.5) is 5.69 Å². The molecule has 0 saturated heterocycles. The molecule has 31 heavy (non-hydrogen) atoms. The largest absolute Gasteiger partial charge is 0.334 e. The Morgan fingerprint density at radius 2 is 2.00 bits per heavy atom. The van der Waals surface area contributed by atoms with E-state index in [2.05, 4.69) is 21.7 Å². The van der Waals surface area contributed by atoms with Crippen LogP contribution in [0.2, 0.25) is 0 Å². The quantitative estimate of drug-likeness (QED) is 0.522. The smallest absolute Gasteiger partial charge is 0.274 e. The van der Waals surface area contributed by atoms with Gasteiger partial charge in [-0.3, -0.25) is 14.0 Å². The molecule has 4 aromatic rings. The number of hydrogen-bond donors (Lipinski definition) is 1. The second kappa shape index (κ2) is 7.67. The van der Waals surface area contributed by atoms with Crippen LogP contribution < -0.4 is 5.32 Å². The highest BCUT2D eigenvalue weighted by Crippen LogP contribution is 2.27. The standard InChI is InChI=1S/C24H22N4O2S/c1-15-5-4-10-28-20(13-25-22(15)28)23(29)26-19-7-3-6-18(16(19)2)24(30)27-11-8-21-17(14-27)9-12-31-21/h3-7,9-10,12-13H,8,11,14H2,1-2H3,(H,26,29). The summed E-state index contributed by atoms with van der Waals surface area (Å²) in [5.74, 6) is -0.262. The van der Waals surface area contributed by atoms with Gasteiger partial charge < -0.3 is 10.2 Å². The molecule has 3 aromatic heterocycles. The second-order valence-corrected chi connectivity index (χ2v) is 8.81. The molecule has 7 heteroatoms. The molecule has 1 aromatic carbocycles. The number of rotatable bonds is 3. The SMILES string of the molecule is Cc1c(NC(=O)c2cnc3c(C)cccn23)cccc1C(=O)N1CCc2sccc2C1. The fourth-order valence-electron chi connectivity index (χ4n) is 4.10. The first-order valence-electron chi connectivity index (χ1n) is 10.2. The number of thiophene rings is 1. The minimum Gasteiger partial charge on any atom is -0.334 e. The zero-order valence-electron chi connectivity index (χ0n) is 17.4. The molecule has 1 aliphatic rings. The first-order valence-corrected chi connectivity index (χ1v) is 11.1. The summed E-state index contributed by atoms with van der Waals surface area (Å²) < 4.78 is 1.78. The topological polar surface area (TPSA) is 66.7 Å². The highest BCUT2D eigenvalue weighted by molar-refractivity contribution is 7.10. The van der Waals surface area contributed by atoms with E-state index in [0.29, 0.717) is 30.0 Å². The van der Waals surface area contributed by atoms with E-state index in [1.165, 1.54) is 10.4 Å². The molecule has 156 valence electrons. The third kappa shape index (κ3) is 3.41. The number of fused-ring (bicyclic) bond motifs is 2. The van der Waals surface area contributed by atoms with Crippen LogP contribution in [0.25, 0.3) is 5.65 Å². The number of imidazole rings is 1. The van der Waals surface area contributed by atoms with Crippen LogP contribution in [0.3, 0.4) is 0 Å². The molecule has 2 amide bonds. The second-order valence-electron chi connectivity index (χ2n) is 7.81. The number of amides is 2. The number of aryl methyl sites for hydroxylation is 1. The van der Waals surface area contributed by atoms with E-state index in [0.717, 1.165) is 23.2 Å². The maximum atomic E-state index is 13.2. The monoisotopic (exact) mass is 430 g/mol. The predicted molar refractivity (Wildman–Crippen MR) is 122 cm³/mol. The van der Waals surface area contributed by atoms with Crippen LogP contribution in [0.5, 0.6) is 0 Å². The van der Waals surface area contributed by atoms with Gasteiger partial charge in [0.2, 0.25) is 0 Å². The Labute approximate surface area is 184 Å². The molecule has 0 bridgehead atoms. The lowest BCUT2D eigenvalue weighted by Gasteiger charge is -2.28. The predicted octanol–water partition coefficient (Wildman–Crippen LogP) is 4.46. The van der Waals surface area contributed by atoms with E-state index < -0.39 is 0 Å². The summed E-state index contributed by atoms with van der Waals surface area (Å²) in [6.45, 7) is 5.18. The van der Waals surface area contributed by atoms with Crippen LogP contribution in [0.1, 0.15) is 42.4 Å². The minimum absolute atomic E-state index is 0.00382. The Bertz CT molecular complexity index is 1320. The lowest BCUT2D eigenvalue weighted by atomic mass is 10.0. The Morgan fingerprint density at radius 3 is 2.87 bits per heavy atom. The molecule has 6 nitrogen and oxygen atoms in total. The Balaban J connectivity index is 1.40. The van der Waals surface area contributed by atoms with E-state index in [9.17, 15) is 9.59 Å². The van der Waals surface area contributed by atoms with Gasteiger partial charge in [-0.1, -0.05) is 12.1 Å². The Morgan fingerprint density at radius 1 is 1.13 bits per heavy atom. The molecule has 1 N–H and O–H groups in total. The average molecular weight is 431 g/mol. The van der Waals surface area contributed by atoms with Gasteiger partial charge >= 0.3 is 0 Å². The van der Waals surface area contributed by atoms with Crippen molar-refractivity contribution in [3.63, 3.8) is 0 Å².